The second kappa shape index (κ2) is 18.2. The Morgan fingerprint density at radius 2 is 1.38 bits per heavy atom. The first-order valence-electron chi connectivity index (χ1n) is 11.7. The lowest BCUT2D eigenvalue weighted by Crippen LogP contribution is -2.46. The Hall–Kier alpha value is -1.14. The van der Waals surface area contributed by atoms with Crippen LogP contribution < -0.4 is 0 Å². The molecule has 8 nitrogen and oxygen atoms in total. The van der Waals surface area contributed by atoms with Crippen LogP contribution in [-0.4, -0.2) is 134 Å². The van der Waals surface area contributed by atoms with Gasteiger partial charge >= 0.3 is 0 Å². The van der Waals surface area contributed by atoms with Crippen LogP contribution in [-0.2, 0) is 4.74 Å². The summed E-state index contributed by atoms with van der Waals surface area (Å²) in [4.78, 5) is 10.4. The van der Waals surface area contributed by atoms with Crippen molar-refractivity contribution < 1.29 is 4.74 Å². The lowest BCUT2D eigenvalue weighted by atomic mass is 10.2. The SMILES string of the molecule is CN(C)/C=C(\C#N)N1CCSCC1.CN(C)C(OC(C)(C)C)N(C)C.N#CCN1CCSCC1. The van der Waals surface area contributed by atoms with Crippen molar-refractivity contribution in [1.82, 2.24) is 24.5 Å². The Bertz CT molecular complexity index is 631. The first-order valence-corrected chi connectivity index (χ1v) is 14.0. The fraction of sp³-hybridized carbons (Fsp3) is 0.833. The Labute approximate surface area is 217 Å². The summed E-state index contributed by atoms with van der Waals surface area (Å²) < 4.78 is 5.81. The molecule has 0 aromatic heterocycles. The van der Waals surface area contributed by atoms with E-state index >= 15 is 0 Å². The fourth-order valence-corrected chi connectivity index (χ4v) is 4.96. The van der Waals surface area contributed by atoms with Crippen molar-refractivity contribution in [2.75, 3.05) is 98.0 Å². The lowest BCUT2D eigenvalue weighted by molar-refractivity contribution is -0.178. The molecule has 0 atom stereocenters. The maximum absolute atomic E-state index is 8.93. The lowest BCUT2D eigenvalue weighted by Gasteiger charge is -2.35. The summed E-state index contributed by atoms with van der Waals surface area (Å²) >= 11 is 3.93. The van der Waals surface area contributed by atoms with Crippen LogP contribution in [0, 0.1) is 22.7 Å². The third-order valence-corrected chi connectivity index (χ3v) is 6.47. The molecule has 2 fully saturated rings. The van der Waals surface area contributed by atoms with E-state index in [4.69, 9.17) is 15.3 Å². The van der Waals surface area contributed by atoms with Crippen LogP contribution in [0.1, 0.15) is 20.8 Å². The topological polar surface area (TPSA) is 73.0 Å². The Morgan fingerprint density at radius 1 is 0.912 bits per heavy atom. The highest BCUT2D eigenvalue weighted by Crippen LogP contribution is 2.14. The first-order chi connectivity index (χ1) is 15.9. The molecule has 0 aromatic carbocycles. The molecule has 0 radical (unpaired) electrons. The number of nitrogens with zero attached hydrogens (tertiary/aromatic N) is 7. The molecule has 0 unspecified atom stereocenters. The van der Waals surface area contributed by atoms with Crippen molar-refractivity contribution in [2.24, 2.45) is 0 Å². The maximum Gasteiger partial charge on any atom is 0.168 e. The van der Waals surface area contributed by atoms with E-state index in [1.807, 2.05) is 86.7 Å². The summed E-state index contributed by atoms with van der Waals surface area (Å²) in [5, 5.41) is 17.3. The predicted molar refractivity (Wildman–Crippen MR) is 148 cm³/mol. The fourth-order valence-electron chi connectivity index (χ4n) is 3.08. The molecule has 2 aliphatic heterocycles. The molecule has 2 rings (SSSR count). The molecule has 2 heterocycles. The highest BCUT2D eigenvalue weighted by atomic mass is 32.2. The number of thioether (sulfide) groups is 2. The van der Waals surface area contributed by atoms with Gasteiger partial charge < -0.3 is 14.5 Å². The number of hydrogen-bond acceptors (Lipinski definition) is 10. The van der Waals surface area contributed by atoms with Gasteiger partial charge in [0.25, 0.3) is 0 Å². The van der Waals surface area contributed by atoms with Gasteiger partial charge in [-0.15, -0.1) is 0 Å². The summed E-state index contributed by atoms with van der Waals surface area (Å²) in [6.45, 7) is 11.0. The highest BCUT2D eigenvalue weighted by molar-refractivity contribution is 7.99. The van der Waals surface area contributed by atoms with Crippen molar-refractivity contribution >= 4 is 23.5 Å². The Balaban J connectivity index is 0.000000488. The third-order valence-electron chi connectivity index (χ3n) is 4.59. The van der Waals surface area contributed by atoms with Crippen LogP contribution in [0.5, 0.6) is 0 Å². The van der Waals surface area contributed by atoms with E-state index in [0.717, 1.165) is 43.4 Å². The Morgan fingerprint density at radius 3 is 1.71 bits per heavy atom. The minimum absolute atomic E-state index is 0.0463. The second-order valence-electron chi connectivity index (χ2n) is 9.72. The zero-order valence-corrected chi connectivity index (χ0v) is 24.5. The summed E-state index contributed by atoms with van der Waals surface area (Å²) in [5.41, 5.74) is 0.685. The van der Waals surface area contributed by atoms with Gasteiger partial charge in [0, 0.05) is 69.5 Å². The third kappa shape index (κ3) is 16.5. The molecule has 0 aliphatic carbocycles. The van der Waals surface area contributed by atoms with Crippen molar-refractivity contribution in [2.45, 2.75) is 32.7 Å². The number of allylic oxidation sites excluding steroid dienone is 1. The molecule has 0 amide bonds. The van der Waals surface area contributed by atoms with Gasteiger partial charge in [-0.2, -0.15) is 34.0 Å². The number of rotatable bonds is 6. The number of ether oxygens (including phenoxy) is 1. The van der Waals surface area contributed by atoms with Gasteiger partial charge in [-0.1, -0.05) is 0 Å². The Kier molecular flexibility index (Phi) is 17.6. The van der Waals surface area contributed by atoms with Gasteiger partial charge in [0.1, 0.15) is 11.8 Å². The van der Waals surface area contributed by atoms with Gasteiger partial charge in [0.2, 0.25) is 0 Å². The van der Waals surface area contributed by atoms with Crippen molar-refractivity contribution in [3.63, 3.8) is 0 Å². The smallest absolute Gasteiger partial charge is 0.168 e. The van der Waals surface area contributed by atoms with E-state index in [9.17, 15) is 0 Å². The summed E-state index contributed by atoms with van der Waals surface area (Å²) in [5.74, 6) is 4.66. The standard InChI is InChI=1S/C9H15N3S.C9H22N2O.C6H10N2S/c1-11(2)8-9(7-10)12-3-5-13-6-4-12;1-9(2,3)12-8(10(4)5)11(6)7;7-1-2-8-3-5-9-6-4-8/h8H,3-6H2,1-2H3;8H,1-7H3;2-6H2/b9-8+;;. The number of nitriles is 2. The van der Waals surface area contributed by atoms with E-state index in [2.05, 4.69) is 42.7 Å². The van der Waals surface area contributed by atoms with Crippen LogP contribution in [0.2, 0.25) is 0 Å². The molecule has 34 heavy (non-hydrogen) atoms. The van der Waals surface area contributed by atoms with E-state index < -0.39 is 0 Å². The van der Waals surface area contributed by atoms with Crippen molar-refractivity contribution in [1.29, 1.82) is 10.5 Å². The van der Waals surface area contributed by atoms with Gasteiger partial charge in [-0.3, -0.25) is 14.7 Å². The molecular formula is C24H47N7OS2. The normalized spacial score (nSPS) is 17.4. The van der Waals surface area contributed by atoms with Crippen LogP contribution in [0.15, 0.2) is 11.9 Å². The quantitative estimate of drug-likeness (QED) is 0.301. The van der Waals surface area contributed by atoms with Crippen molar-refractivity contribution in [3.8, 4) is 12.1 Å². The molecule has 2 saturated heterocycles. The zero-order chi connectivity index (χ0) is 26.1. The average molecular weight is 514 g/mol. The van der Waals surface area contributed by atoms with E-state index in [1.165, 1.54) is 11.5 Å². The van der Waals surface area contributed by atoms with E-state index in [-0.39, 0.29) is 12.0 Å². The maximum atomic E-state index is 8.93. The predicted octanol–water partition coefficient (Wildman–Crippen LogP) is 2.73. The van der Waals surface area contributed by atoms with Crippen LogP contribution in [0.4, 0.5) is 0 Å². The first kappa shape index (κ1) is 32.9. The highest BCUT2D eigenvalue weighted by Gasteiger charge is 2.21. The molecule has 2 aliphatic rings. The van der Waals surface area contributed by atoms with E-state index in [0.29, 0.717) is 6.54 Å². The van der Waals surface area contributed by atoms with Gasteiger partial charge in [-0.05, 0) is 49.0 Å². The van der Waals surface area contributed by atoms with E-state index in [1.54, 1.807) is 0 Å². The average Bonchev–Trinajstić information content (AvgIpc) is 2.77. The largest absolute Gasteiger partial charge is 0.381 e. The molecule has 0 spiro atoms. The van der Waals surface area contributed by atoms with Gasteiger partial charge in [0.05, 0.1) is 18.2 Å². The summed E-state index contributed by atoms with van der Waals surface area (Å²) in [6.07, 6.45) is 1.93. The number of hydrogen-bond donors (Lipinski definition) is 0. The second-order valence-corrected chi connectivity index (χ2v) is 12.2. The molecule has 0 N–H and O–H groups in total. The minimum Gasteiger partial charge on any atom is -0.381 e. The summed E-state index contributed by atoms with van der Waals surface area (Å²) in [7, 11) is 11.9. The van der Waals surface area contributed by atoms with Gasteiger partial charge in [-0.25, -0.2) is 0 Å². The molecule has 0 bridgehead atoms. The molecule has 10 heteroatoms. The van der Waals surface area contributed by atoms with Gasteiger partial charge in [0.15, 0.2) is 6.35 Å². The van der Waals surface area contributed by atoms with Crippen molar-refractivity contribution in [3.05, 3.63) is 11.9 Å². The molecular weight excluding hydrogens is 466 g/mol. The van der Waals surface area contributed by atoms with Crippen LogP contribution in [0.3, 0.4) is 0 Å². The minimum atomic E-state index is -0.0980. The molecule has 0 aromatic rings. The molecule has 196 valence electrons. The van der Waals surface area contributed by atoms with Crippen LogP contribution in [0.25, 0.3) is 0 Å². The molecule has 0 saturated carbocycles. The zero-order valence-electron chi connectivity index (χ0n) is 22.9. The summed E-state index contributed by atoms with van der Waals surface area (Å²) in [6, 6.07) is 4.39. The monoisotopic (exact) mass is 513 g/mol. The van der Waals surface area contributed by atoms with Crippen LogP contribution >= 0.6 is 23.5 Å².